The first-order valence-electron chi connectivity index (χ1n) is 4.38. The molecule has 0 aliphatic heterocycles. The van der Waals surface area contributed by atoms with Gasteiger partial charge in [0.05, 0.1) is 13.7 Å². The van der Waals surface area contributed by atoms with Gasteiger partial charge in [0, 0.05) is 12.6 Å². The van der Waals surface area contributed by atoms with Gasteiger partial charge in [-0.2, -0.15) is 0 Å². The zero-order valence-electron chi connectivity index (χ0n) is 8.29. The van der Waals surface area contributed by atoms with E-state index in [9.17, 15) is 9.18 Å². The summed E-state index contributed by atoms with van der Waals surface area (Å²) in [6.45, 7) is 0.341. The van der Waals surface area contributed by atoms with Gasteiger partial charge in [-0.05, 0) is 17.7 Å². The van der Waals surface area contributed by atoms with Gasteiger partial charge in [0.2, 0.25) is 0 Å². The Labute approximate surface area is 86.7 Å². The van der Waals surface area contributed by atoms with E-state index in [-0.39, 0.29) is 12.3 Å². The van der Waals surface area contributed by atoms with E-state index in [2.05, 4.69) is 10.1 Å². The number of methoxy groups -OCH3 is 1. The number of phenolic OH excluding ortho intramolecular Hbond substituents is 1. The molecule has 0 aliphatic rings. The zero-order valence-corrected chi connectivity index (χ0v) is 8.29. The van der Waals surface area contributed by atoms with Crippen LogP contribution in [-0.4, -0.2) is 24.7 Å². The lowest BCUT2D eigenvalue weighted by Crippen LogP contribution is -2.23. The number of aromatic hydroxyl groups is 1. The molecule has 5 heteroatoms. The highest BCUT2D eigenvalue weighted by atomic mass is 19.1. The highest BCUT2D eigenvalue weighted by molar-refractivity contribution is 5.71. The molecular weight excluding hydrogens is 201 g/mol. The van der Waals surface area contributed by atoms with Gasteiger partial charge in [-0.3, -0.25) is 4.79 Å². The van der Waals surface area contributed by atoms with Gasteiger partial charge in [0.25, 0.3) is 0 Å². The van der Waals surface area contributed by atoms with Crippen molar-refractivity contribution < 1.29 is 19.0 Å². The Morgan fingerprint density at radius 2 is 2.27 bits per heavy atom. The van der Waals surface area contributed by atoms with Crippen molar-refractivity contribution in [3.05, 3.63) is 29.6 Å². The van der Waals surface area contributed by atoms with Crippen LogP contribution in [0.3, 0.4) is 0 Å². The lowest BCUT2D eigenvalue weighted by molar-refractivity contribution is -0.139. The summed E-state index contributed by atoms with van der Waals surface area (Å²) in [5.74, 6) is -1.04. The van der Waals surface area contributed by atoms with E-state index >= 15 is 0 Å². The molecule has 0 aliphatic carbocycles. The van der Waals surface area contributed by atoms with E-state index in [0.717, 1.165) is 6.07 Å². The number of ether oxygens (including phenoxy) is 1. The number of hydrogen-bond donors (Lipinski definition) is 2. The van der Waals surface area contributed by atoms with Gasteiger partial charge in [-0.1, -0.05) is 0 Å². The summed E-state index contributed by atoms with van der Waals surface area (Å²) in [4.78, 5) is 10.7. The van der Waals surface area contributed by atoms with Gasteiger partial charge < -0.3 is 15.2 Å². The molecule has 0 atom stereocenters. The first kappa shape index (κ1) is 11.5. The van der Waals surface area contributed by atoms with Crippen molar-refractivity contribution in [2.45, 2.75) is 6.54 Å². The van der Waals surface area contributed by atoms with Gasteiger partial charge in [0.1, 0.15) is 11.6 Å². The average Bonchev–Trinajstić information content (AvgIpc) is 2.16. The van der Waals surface area contributed by atoms with E-state index in [1.165, 1.54) is 19.2 Å². The van der Waals surface area contributed by atoms with Crippen LogP contribution >= 0.6 is 0 Å². The number of hydrogen-bond acceptors (Lipinski definition) is 4. The smallest absolute Gasteiger partial charge is 0.319 e. The number of nitrogens with one attached hydrogen (secondary N) is 1. The number of benzene rings is 1. The quantitative estimate of drug-likeness (QED) is 0.726. The third kappa shape index (κ3) is 3.95. The van der Waals surface area contributed by atoms with Crippen molar-refractivity contribution in [2.24, 2.45) is 0 Å². The zero-order chi connectivity index (χ0) is 11.3. The van der Waals surface area contributed by atoms with Gasteiger partial charge in [0.15, 0.2) is 0 Å². The normalized spacial score (nSPS) is 10.0. The van der Waals surface area contributed by atoms with Gasteiger partial charge in [-0.15, -0.1) is 0 Å². The molecule has 82 valence electrons. The van der Waals surface area contributed by atoms with Crippen molar-refractivity contribution in [1.29, 1.82) is 0 Å². The second-order valence-electron chi connectivity index (χ2n) is 3.00. The van der Waals surface area contributed by atoms with Crippen LogP contribution in [0.5, 0.6) is 5.75 Å². The van der Waals surface area contributed by atoms with E-state index in [1.54, 1.807) is 0 Å². The first-order chi connectivity index (χ1) is 7.11. The Hall–Kier alpha value is -1.62. The Kier molecular flexibility index (Phi) is 4.05. The number of carbonyl (C=O) groups excluding carboxylic acids is 1. The van der Waals surface area contributed by atoms with E-state index in [0.29, 0.717) is 12.1 Å². The summed E-state index contributed by atoms with van der Waals surface area (Å²) in [5.41, 5.74) is 0.566. The van der Waals surface area contributed by atoms with Crippen LogP contribution in [0.25, 0.3) is 0 Å². The molecule has 0 unspecified atom stereocenters. The Balaban J connectivity index is 2.47. The van der Waals surface area contributed by atoms with Crippen molar-refractivity contribution >= 4 is 5.97 Å². The molecule has 4 nitrogen and oxygen atoms in total. The van der Waals surface area contributed by atoms with E-state index < -0.39 is 11.8 Å². The Morgan fingerprint density at radius 3 is 2.87 bits per heavy atom. The van der Waals surface area contributed by atoms with E-state index in [1.807, 2.05) is 0 Å². The largest absolute Gasteiger partial charge is 0.508 e. The molecular formula is C10H12FNO3. The molecule has 0 radical (unpaired) electrons. The van der Waals surface area contributed by atoms with Crippen LogP contribution < -0.4 is 5.32 Å². The number of carbonyl (C=O) groups is 1. The van der Waals surface area contributed by atoms with Crippen molar-refractivity contribution in [2.75, 3.05) is 13.7 Å². The maximum absolute atomic E-state index is 12.8. The fraction of sp³-hybridized carbons (Fsp3) is 0.300. The molecule has 0 aromatic heterocycles. The predicted molar refractivity (Wildman–Crippen MR) is 51.8 cm³/mol. The fourth-order valence-corrected chi connectivity index (χ4v) is 1.12. The minimum Gasteiger partial charge on any atom is -0.508 e. The molecule has 1 rings (SSSR count). The lowest BCUT2D eigenvalue weighted by atomic mass is 10.2. The summed E-state index contributed by atoms with van der Waals surface area (Å²) >= 11 is 0. The summed E-state index contributed by atoms with van der Waals surface area (Å²) in [6.07, 6.45) is 0. The Bertz CT molecular complexity index is 334. The maximum atomic E-state index is 12.8. The number of phenols is 1. The third-order valence-corrected chi connectivity index (χ3v) is 1.77. The highest BCUT2D eigenvalue weighted by Gasteiger charge is 2.02. The van der Waals surface area contributed by atoms with Crippen LogP contribution in [-0.2, 0) is 16.1 Å². The van der Waals surface area contributed by atoms with Crippen LogP contribution in [0.15, 0.2) is 18.2 Å². The minimum atomic E-state index is -0.509. The molecule has 0 spiro atoms. The molecule has 0 heterocycles. The van der Waals surface area contributed by atoms with Crippen molar-refractivity contribution in [3.8, 4) is 5.75 Å². The minimum absolute atomic E-state index is 0.0494. The fourth-order valence-electron chi connectivity index (χ4n) is 1.12. The number of halogens is 1. The monoisotopic (exact) mass is 213 g/mol. The van der Waals surface area contributed by atoms with Crippen LogP contribution in [0.4, 0.5) is 4.39 Å². The number of esters is 1. The molecule has 15 heavy (non-hydrogen) atoms. The summed E-state index contributed by atoms with van der Waals surface area (Å²) in [6, 6.07) is 3.72. The van der Waals surface area contributed by atoms with Crippen LogP contribution in [0, 0.1) is 5.82 Å². The predicted octanol–water partition coefficient (Wildman–Crippen LogP) is 0.794. The summed E-state index contributed by atoms with van der Waals surface area (Å²) in [5, 5.41) is 11.8. The Morgan fingerprint density at radius 1 is 1.53 bits per heavy atom. The lowest BCUT2D eigenvalue weighted by Gasteiger charge is -2.04. The van der Waals surface area contributed by atoms with E-state index in [4.69, 9.17) is 5.11 Å². The second-order valence-corrected chi connectivity index (χ2v) is 3.00. The van der Waals surface area contributed by atoms with Crippen molar-refractivity contribution in [1.82, 2.24) is 5.32 Å². The third-order valence-electron chi connectivity index (χ3n) is 1.77. The highest BCUT2D eigenvalue weighted by Crippen LogP contribution is 2.14. The second kappa shape index (κ2) is 5.31. The average molecular weight is 213 g/mol. The summed E-state index contributed by atoms with van der Waals surface area (Å²) < 4.78 is 17.2. The molecule has 0 saturated carbocycles. The maximum Gasteiger partial charge on any atom is 0.319 e. The first-order valence-corrected chi connectivity index (χ1v) is 4.38. The summed E-state index contributed by atoms with van der Waals surface area (Å²) in [7, 11) is 1.29. The molecule has 0 saturated heterocycles. The van der Waals surface area contributed by atoms with Gasteiger partial charge in [-0.25, -0.2) is 4.39 Å². The van der Waals surface area contributed by atoms with Crippen molar-refractivity contribution in [3.63, 3.8) is 0 Å². The standard InChI is InChI=1S/C10H12FNO3/c1-15-10(14)6-12-5-7-2-8(11)4-9(13)3-7/h2-4,12-13H,5-6H2,1H3. The topological polar surface area (TPSA) is 58.6 Å². The molecule has 2 N–H and O–H groups in total. The molecule has 1 aromatic carbocycles. The van der Waals surface area contributed by atoms with Crippen LogP contribution in [0.2, 0.25) is 0 Å². The molecule has 1 aromatic rings. The number of rotatable bonds is 4. The SMILES string of the molecule is COC(=O)CNCc1cc(O)cc(F)c1. The van der Waals surface area contributed by atoms with Crippen LogP contribution in [0.1, 0.15) is 5.56 Å². The molecule has 0 fully saturated rings. The molecule has 0 amide bonds. The molecule has 0 bridgehead atoms. The van der Waals surface area contributed by atoms with Gasteiger partial charge >= 0.3 is 5.97 Å².